The fourth-order valence-corrected chi connectivity index (χ4v) is 2.73. The number of halogens is 1. The lowest BCUT2D eigenvalue weighted by molar-refractivity contribution is 0.422. The first kappa shape index (κ1) is 13.3. The first-order chi connectivity index (χ1) is 8.49. The van der Waals surface area contributed by atoms with E-state index < -0.39 is 0 Å². The molecule has 3 heteroatoms. The SMILES string of the molecule is CC(C)C1CCN(c2ccc(F)cc2[C@H](C)N)C1. The van der Waals surface area contributed by atoms with Crippen LogP contribution in [0.4, 0.5) is 10.1 Å². The second-order valence-corrected chi connectivity index (χ2v) is 5.73. The molecule has 2 nitrogen and oxygen atoms in total. The van der Waals surface area contributed by atoms with E-state index in [4.69, 9.17) is 5.73 Å². The van der Waals surface area contributed by atoms with E-state index in [2.05, 4.69) is 18.7 Å². The molecule has 1 aliphatic rings. The smallest absolute Gasteiger partial charge is 0.123 e. The Labute approximate surface area is 109 Å². The van der Waals surface area contributed by atoms with Gasteiger partial charge in [0.05, 0.1) is 0 Å². The van der Waals surface area contributed by atoms with E-state index in [-0.39, 0.29) is 11.9 Å². The van der Waals surface area contributed by atoms with Gasteiger partial charge in [-0.2, -0.15) is 0 Å². The summed E-state index contributed by atoms with van der Waals surface area (Å²) in [4.78, 5) is 2.35. The van der Waals surface area contributed by atoms with Crippen molar-refractivity contribution in [1.29, 1.82) is 0 Å². The molecule has 1 unspecified atom stereocenters. The van der Waals surface area contributed by atoms with Crippen molar-refractivity contribution in [2.75, 3.05) is 18.0 Å². The van der Waals surface area contributed by atoms with Crippen molar-refractivity contribution in [2.45, 2.75) is 33.2 Å². The van der Waals surface area contributed by atoms with Gasteiger partial charge >= 0.3 is 0 Å². The van der Waals surface area contributed by atoms with Gasteiger partial charge in [-0.3, -0.25) is 0 Å². The minimum Gasteiger partial charge on any atom is -0.371 e. The Hall–Kier alpha value is -1.09. The highest BCUT2D eigenvalue weighted by atomic mass is 19.1. The minimum absolute atomic E-state index is 0.131. The van der Waals surface area contributed by atoms with Crippen LogP contribution in [0.1, 0.15) is 38.8 Å². The quantitative estimate of drug-likeness (QED) is 0.891. The summed E-state index contributed by atoms with van der Waals surface area (Å²) in [6, 6.07) is 4.84. The summed E-state index contributed by atoms with van der Waals surface area (Å²) in [5, 5.41) is 0. The van der Waals surface area contributed by atoms with Crippen molar-refractivity contribution in [1.82, 2.24) is 0 Å². The largest absolute Gasteiger partial charge is 0.371 e. The Balaban J connectivity index is 2.24. The topological polar surface area (TPSA) is 29.3 Å². The first-order valence-electron chi connectivity index (χ1n) is 6.79. The van der Waals surface area contributed by atoms with Gasteiger partial charge in [-0.25, -0.2) is 4.39 Å². The Morgan fingerprint density at radius 2 is 2.06 bits per heavy atom. The molecule has 0 saturated carbocycles. The fraction of sp³-hybridized carbons (Fsp3) is 0.600. The molecule has 0 radical (unpaired) electrons. The van der Waals surface area contributed by atoms with E-state index in [1.807, 2.05) is 13.0 Å². The van der Waals surface area contributed by atoms with Gasteiger partial charge in [0.1, 0.15) is 5.82 Å². The third kappa shape index (κ3) is 2.66. The number of benzene rings is 1. The number of hydrogen-bond acceptors (Lipinski definition) is 2. The van der Waals surface area contributed by atoms with Crippen molar-refractivity contribution in [3.8, 4) is 0 Å². The molecule has 18 heavy (non-hydrogen) atoms. The fourth-order valence-electron chi connectivity index (χ4n) is 2.73. The molecule has 1 heterocycles. The van der Waals surface area contributed by atoms with E-state index >= 15 is 0 Å². The molecule has 0 bridgehead atoms. The van der Waals surface area contributed by atoms with Crippen molar-refractivity contribution < 1.29 is 4.39 Å². The number of hydrogen-bond donors (Lipinski definition) is 1. The molecule has 1 saturated heterocycles. The standard InChI is InChI=1S/C15H23FN2/c1-10(2)12-6-7-18(9-12)15-5-4-13(16)8-14(15)11(3)17/h4-5,8,10-12H,6-7,9,17H2,1-3H3/t11-,12?/m0/s1. The van der Waals surface area contributed by atoms with Crippen LogP contribution in [-0.4, -0.2) is 13.1 Å². The van der Waals surface area contributed by atoms with Crippen LogP contribution in [0.25, 0.3) is 0 Å². The van der Waals surface area contributed by atoms with Crippen LogP contribution in [0, 0.1) is 17.7 Å². The molecule has 2 rings (SSSR count). The first-order valence-corrected chi connectivity index (χ1v) is 6.79. The van der Waals surface area contributed by atoms with E-state index in [1.165, 1.54) is 12.5 Å². The van der Waals surface area contributed by atoms with Crippen molar-refractivity contribution in [3.05, 3.63) is 29.6 Å². The van der Waals surface area contributed by atoms with Gasteiger partial charge < -0.3 is 10.6 Å². The lowest BCUT2D eigenvalue weighted by Crippen LogP contribution is -2.24. The third-order valence-corrected chi connectivity index (χ3v) is 3.99. The number of rotatable bonds is 3. The molecule has 1 aromatic carbocycles. The lowest BCUT2D eigenvalue weighted by atomic mass is 9.95. The van der Waals surface area contributed by atoms with Crippen LogP contribution < -0.4 is 10.6 Å². The van der Waals surface area contributed by atoms with Crippen LogP contribution in [0.3, 0.4) is 0 Å². The van der Waals surface area contributed by atoms with Gasteiger partial charge in [-0.15, -0.1) is 0 Å². The molecule has 2 atom stereocenters. The van der Waals surface area contributed by atoms with Gasteiger partial charge in [0, 0.05) is 24.8 Å². The van der Waals surface area contributed by atoms with Gasteiger partial charge in [-0.1, -0.05) is 13.8 Å². The third-order valence-electron chi connectivity index (χ3n) is 3.99. The van der Waals surface area contributed by atoms with Crippen LogP contribution >= 0.6 is 0 Å². The van der Waals surface area contributed by atoms with Crippen molar-refractivity contribution >= 4 is 5.69 Å². The molecule has 1 aromatic rings. The second kappa shape index (κ2) is 5.27. The van der Waals surface area contributed by atoms with Crippen LogP contribution in [0.5, 0.6) is 0 Å². The Morgan fingerprint density at radius 1 is 1.33 bits per heavy atom. The van der Waals surface area contributed by atoms with Gasteiger partial charge in [0.15, 0.2) is 0 Å². The summed E-state index contributed by atoms with van der Waals surface area (Å²) in [5.41, 5.74) is 7.97. The molecule has 1 fully saturated rings. The van der Waals surface area contributed by atoms with E-state index in [0.717, 1.165) is 30.3 Å². The molecule has 2 N–H and O–H groups in total. The predicted octanol–water partition coefficient (Wildman–Crippen LogP) is 3.33. The Morgan fingerprint density at radius 3 is 2.61 bits per heavy atom. The van der Waals surface area contributed by atoms with Crippen LogP contribution in [0.2, 0.25) is 0 Å². The van der Waals surface area contributed by atoms with E-state index in [0.29, 0.717) is 5.92 Å². The minimum atomic E-state index is -0.203. The summed E-state index contributed by atoms with van der Waals surface area (Å²) in [5.74, 6) is 1.23. The molecule has 1 aliphatic heterocycles. The van der Waals surface area contributed by atoms with E-state index in [1.54, 1.807) is 6.07 Å². The molecular formula is C15H23FN2. The maximum atomic E-state index is 13.3. The Kier molecular flexibility index (Phi) is 3.91. The summed E-state index contributed by atoms with van der Waals surface area (Å²) < 4.78 is 13.3. The molecule has 0 aromatic heterocycles. The van der Waals surface area contributed by atoms with Crippen molar-refractivity contribution in [2.24, 2.45) is 17.6 Å². The highest BCUT2D eigenvalue weighted by Gasteiger charge is 2.26. The summed E-state index contributed by atoms with van der Waals surface area (Å²) in [7, 11) is 0. The van der Waals surface area contributed by atoms with Crippen molar-refractivity contribution in [3.63, 3.8) is 0 Å². The lowest BCUT2D eigenvalue weighted by Gasteiger charge is -2.24. The monoisotopic (exact) mass is 250 g/mol. The summed E-state index contributed by atoms with van der Waals surface area (Å²) in [6.07, 6.45) is 1.22. The number of anilines is 1. The maximum absolute atomic E-state index is 13.3. The highest BCUT2D eigenvalue weighted by molar-refractivity contribution is 5.55. The Bertz CT molecular complexity index is 415. The van der Waals surface area contributed by atoms with Gasteiger partial charge in [0.2, 0.25) is 0 Å². The summed E-state index contributed by atoms with van der Waals surface area (Å²) in [6.45, 7) is 8.56. The van der Waals surface area contributed by atoms with Crippen LogP contribution in [-0.2, 0) is 0 Å². The molecular weight excluding hydrogens is 227 g/mol. The molecule has 100 valence electrons. The predicted molar refractivity (Wildman–Crippen MR) is 74.2 cm³/mol. The highest BCUT2D eigenvalue weighted by Crippen LogP contribution is 2.32. The number of nitrogens with zero attached hydrogens (tertiary/aromatic N) is 1. The van der Waals surface area contributed by atoms with Crippen LogP contribution in [0.15, 0.2) is 18.2 Å². The zero-order valence-corrected chi connectivity index (χ0v) is 11.5. The van der Waals surface area contributed by atoms with Gasteiger partial charge in [-0.05, 0) is 48.9 Å². The average Bonchev–Trinajstić information content (AvgIpc) is 2.78. The zero-order chi connectivity index (χ0) is 13.3. The second-order valence-electron chi connectivity index (χ2n) is 5.73. The maximum Gasteiger partial charge on any atom is 0.123 e. The molecule has 0 aliphatic carbocycles. The zero-order valence-electron chi connectivity index (χ0n) is 11.5. The van der Waals surface area contributed by atoms with Gasteiger partial charge in [0.25, 0.3) is 0 Å². The molecule has 0 amide bonds. The van der Waals surface area contributed by atoms with E-state index in [9.17, 15) is 4.39 Å². The summed E-state index contributed by atoms with van der Waals surface area (Å²) >= 11 is 0. The number of nitrogens with two attached hydrogens (primary N) is 1. The average molecular weight is 250 g/mol. The normalized spacial score (nSPS) is 21.7. The molecule has 0 spiro atoms.